The van der Waals surface area contributed by atoms with Crippen LogP contribution in [0.1, 0.15) is 69.8 Å². The van der Waals surface area contributed by atoms with Gasteiger partial charge in [0, 0.05) is 30.8 Å². The smallest absolute Gasteiger partial charge is 0.225 e. The molecule has 1 aliphatic heterocycles. The van der Waals surface area contributed by atoms with Gasteiger partial charge in [-0.05, 0) is 61.8 Å². The Hall–Kier alpha value is -1.64. The fraction of sp³-hybridized carbons (Fsp3) is 0.692. The zero-order chi connectivity index (χ0) is 19.8. The summed E-state index contributed by atoms with van der Waals surface area (Å²) in [7, 11) is 0. The quantitative estimate of drug-likeness (QED) is 0.722. The van der Waals surface area contributed by atoms with Gasteiger partial charge in [0.15, 0.2) is 0 Å². The molecule has 5 rings (SSSR count). The van der Waals surface area contributed by atoms with Crippen molar-refractivity contribution >= 4 is 11.7 Å². The third-order valence-corrected chi connectivity index (χ3v) is 8.59. The highest BCUT2D eigenvalue weighted by Crippen LogP contribution is 2.51. The Bertz CT molecular complexity index is 738. The van der Waals surface area contributed by atoms with Gasteiger partial charge in [0.1, 0.15) is 5.78 Å². The molecule has 156 valence electrons. The molecule has 29 heavy (non-hydrogen) atoms. The van der Waals surface area contributed by atoms with Crippen molar-refractivity contribution in [3.63, 3.8) is 0 Å². The number of nitrogens with zero attached hydrogens (tertiary/aromatic N) is 1. The molecule has 1 saturated heterocycles. The van der Waals surface area contributed by atoms with Crippen molar-refractivity contribution in [1.82, 2.24) is 4.90 Å². The molecule has 0 bridgehead atoms. The zero-order valence-electron chi connectivity index (χ0n) is 17.6. The first kappa shape index (κ1) is 19.3. The van der Waals surface area contributed by atoms with Gasteiger partial charge in [-0.3, -0.25) is 9.59 Å². The van der Waals surface area contributed by atoms with Crippen molar-refractivity contribution < 1.29 is 9.59 Å². The molecule has 0 radical (unpaired) electrons. The zero-order valence-corrected chi connectivity index (χ0v) is 17.6. The van der Waals surface area contributed by atoms with Gasteiger partial charge in [-0.25, -0.2) is 0 Å². The maximum atomic E-state index is 13.4. The van der Waals surface area contributed by atoms with Crippen molar-refractivity contribution in [1.29, 1.82) is 0 Å². The van der Waals surface area contributed by atoms with Crippen molar-refractivity contribution in [3.8, 4) is 0 Å². The molecule has 1 aromatic carbocycles. The molecule has 1 aromatic rings. The van der Waals surface area contributed by atoms with E-state index in [9.17, 15) is 9.59 Å². The summed E-state index contributed by atoms with van der Waals surface area (Å²) in [6.45, 7) is 0.893. The maximum Gasteiger partial charge on any atom is 0.225 e. The average molecular weight is 394 g/mol. The predicted molar refractivity (Wildman–Crippen MR) is 114 cm³/mol. The van der Waals surface area contributed by atoms with Gasteiger partial charge in [0.2, 0.25) is 5.91 Å². The number of carbonyl (C=O) groups excluding carboxylic acids is 2. The van der Waals surface area contributed by atoms with Gasteiger partial charge in [-0.2, -0.15) is 0 Å². The van der Waals surface area contributed by atoms with E-state index in [1.165, 1.54) is 37.7 Å². The summed E-state index contributed by atoms with van der Waals surface area (Å²) in [6.07, 6.45) is 12.1. The molecule has 0 N–H and O–H groups in total. The number of likely N-dealkylation sites (tertiary alicyclic amines) is 1. The molecule has 0 aromatic heterocycles. The van der Waals surface area contributed by atoms with Crippen LogP contribution in [0.4, 0.5) is 0 Å². The molecule has 3 heteroatoms. The number of piperidine rings is 1. The van der Waals surface area contributed by atoms with Crippen molar-refractivity contribution in [2.24, 2.45) is 29.6 Å². The van der Waals surface area contributed by atoms with E-state index in [2.05, 4.69) is 35.2 Å². The summed E-state index contributed by atoms with van der Waals surface area (Å²) in [5.41, 5.74) is 1.29. The topological polar surface area (TPSA) is 37.4 Å². The molecular weight excluding hydrogens is 358 g/mol. The van der Waals surface area contributed by atoms with Crippen molar-refractivity contribution in [3.05, 3.63) is 35.9 Å². The number of benzene rings is 1. The van der Waals surface area contributed by atoms with Crippen LogP contribution in [0.5, 0.6) is 0 Å². The molecule has 1 heterocycles. The molecule has 3 saturated carbocycles. The average Bonchev–Trinajstić information content (AvgIpc) is 2.77. The van der Waals surface area contributed by atoms with Crippen LogP contribution in [0, 0.1) is 29.6 Å². The fourth-order valence-electron chi connectivity index (χ4n) is 7.27. The maximum absolute atomic E-state index is 13.4. The van der Waals surface area contributed by atoms with Gasteiger partial charge in [-0.1, -0.05) is 56.0 Å². The van der Waals surface area contributed by atoms with Crippen LogP contribution in [0.2, 0.25) is 0 Å². The minimum absolute atomic E-state index is 0.159. The van der Waals surface area contributed by atoms with Crippen LogP contribution < -0.4 is 0 Å². The van der Waals surface area contributed by atoms with Gasteiger partial charge >= 0.3 is 0 Å². The van der Waals surface area contributed by atoms with E-state index in [1.54, 1.807) is 0 Å². The number of amides is 1. The number of hydrogen-bond acceptors (Lipinski definition) is 2. The first-order chi connectivity index (χ1) is 14.2. The lowest BCUT2D eigenvalue weighted by molar-refractivity contribution is -0.153. The highest BCUT2D eigenvalue weighted by molar-refractivity contribution is 5.83. The molecule has 0 unspecified atom stereocenters. The van der Waals surface area contributed by atoms with Crippen molar-refractivity contribution in [2.45, 2.75) is 76.7 Å². The second-order valence-corrected chi connectivity index (χ2v) is 10.1. The van der Waals surface area contributed by atoms with E-state index in [0.717, 1.165) is 45.1 Å². The number of carbonyl (C=O) groups is 2. The third-order valence-electron chi connectivity index (χ3n) is 8.59. The standard InChI is InChI=1S/C26H35NO2/c28-24-17-20-14-15-27(26(29)19-10-5-2-6-11-19)23-13-7-12-21(25(20)23)22(24)16-18-8-3-1-4-9-18/h1,3-4,8-9,19-23,25H,2,5-7,10-17H2/t20-,21+,22+,23+,25+/m1/s1. The molecule has 3 nitrogen and oxygen atoms in total. The lowest BCUT2D eigenvalue weighted by atomic mass is 9.55. The molecule has 3 aliphatic carbocycles. The fourth-order valence-corrected chi connectivity index (χ4v) is 7.27. The molecule has 1 amide bonds. The molecular formula is C26H35NO2. The highest BCUT2D eigenvalue weighted by atomic mass is 16.2. The number of rotatable bonds is 3. The monoisotopic (exact) mass is 393 g/mol. The SMILES string of the molecule is O=C1C[C@H]2CCN(C(=O)C3CCCCC3)[C@H]3CCC[C@H]([C@H]23)[C@@H]1Cc1ccccc1. The second kappa shape index (κ2) is 8.24. The Balaban J connectivity index is 1.37. The first-order valence-corrected chi connectivity index (χ1v) is 12.1. The van der Waals surface area contributed by atoms with Crippen LogP contribution in [0.3, 0.4) is 0 Å². The summed E-state index contributed by atoms with van der Waals surface area (Å²) in [6, 6.07) is 10.9. The number of ketones is 1. The summed E-state index contributed by atoms with van der Waals surface area (Å²) in [5, 5.41) is 0. The minimum atomic E-state index is 0.159. The Labute approximate surface area is 175 Å². The minimum Gasteiger partial charge on any atom is -0.339 e. The van der Waals surface area contributed by atoms with Gasteiger partial charge in [-0.15, -0.1) is 0 Å². The van der Waals surface area contributed by atoms with Gasteiger partial charge in [0.05, 0.1) is 0 Å². The van der Waals surface area contributed by atoms with Crippen molar-refractivity contribution in [2.75, 3.05) is 6.54 Å². The normalized spacial score (nSPS) is 35.2. The van der Waals surface area contributed by atoms with E-state index in [0.29, 0.717) is 35.5 Å². The number of Topliss-reactive ketones (excluding diaryl/α,β-unsaturated/α-hetero) is 1. The third kappa shape index (κ3) is 3.66. The van der Waals surface area contributed by atoms with Crippen LogP contribution in [0.25, 0.3) is 0 Å². The largest absolute Gasteiger partial charge is 0.339 e. The van der Waals surface area contributed by atoms with E-state index >= 15 is 0 Å². The van der Waals surface area contributed by atoms with Crippen LogP contribution in [-0.2, 0) is 16.0 Å². The molecule has 5 atom stereocenters. The molecule has 4 fully saturated rings. The molecule has 0 spiro atoms. The Kier molecular flexibility index (Phi) is 5.49. The van der Waals surface area contributed by atoms with Crippen LogP contribution in [0.15, 0.2) is 30.3 Å². The van der Waals surface area contributed by atoms with Gasteiger partial charge < -0.3 is 4.90 Å². The highest BCUT2D eigenvalue weighted by Gasteiger charge is 2.52. The van der Waals surface area contributed by atoms with E-state index in [4.69, 9.17) is 0 Å². The Morgan fingerprint density at radius 3 is 2.52 bits per heavy atom. The Morgan fingerprint density at radius 1 is 0.931 bits per heavy atom. The van der Waals surface area contributed by atoms with E-state index < -0.39 is 0 Å². The summed E-state index contributed by atoms with van der Waals surface area (Å²) < 4.78 is 0. The van der Waals surface area contributed by atoms with Crippen LogP contribution >= 0.6 is 0 Å². The Morgan fingerprint density at radius 2 is 1.72 bits per heavy atom. The summed E-state index contributed by atoms with van der Waals surface area (Å²) >= 11 is 0. The first-order valence-electron chi connectivity index (χ1n) is 12.1. The van der Waals surface area contributed by atoms with E-state index in [-0.39, 0.29) is 11.8 Å². The second-order valence-electron chi connectivity index (χ2n) is 10.1. The number of hydrogen-bond donors (Lipinski definition) is 0. The lowest BCUT2D eigenvalue weighted by Gasteiger charge is -2.56. The van der Waals surface area contributed by atoms with Crippen LogP contribution in [-0.4, -0.2) is 29.2 Å². The lowest BCUT2D eigenvalue weighted by Crippen LogP contribution is -2.60. The predicted octanol–water partition coefficient (Wildman–Crippen LogP) is 5.03. The van der Waals surface area contributed by atoms with Gasteiger partial charge in [0.25, 0.3) is 0 Å². The summed E-state index contributed by atoms with van der Waals surface area (Å²) in [5.74, 6) is 2.91. The molecule has 4 aliphatic rings. The van der Waals surface area contributed by atoms with E-state index in [1.807, 2.05) is 0 Å². The summed E-state index contributed by atoms with van der Waals surface area (Å²) in [4.78, 5) is 28.9.